The summed E-state index contributed by atoms with van der Waals surface area (Å²) in [6.07, 6.45) is 1.82. The highest BCUT2D eigenvalue weighted by atomic mass is 19.1. The molecule has 1 aromatic heterocycles. The van der Waals surface area contributed by atoms with Crippen molar-refractivity contribution in [2.75, 3.05) is 67.2 Å². The molecule has 2 aliphatic rings. The number of piperazine rings is 1. The van der Waals surface area contributed by atoms with E-state index in [-0.39, 0.29) is 5.82 Å². The third-order valence-corrected chi connectivity index (χ3v) is 4.72. The summed E-state index contributed by atoms with van der Waals surface area (Å²) in [5.41, 5.74) is 0.671. The third kappa shape index (κ3) is 3.51. The fourth-order valence-corrected chi connectivity index (χ4v) is 3.32. The number of aromatic nitrogens is 2. The van der Waals surface area contributed by atoms with Gasteiger partial charge in [0.1, 0.15) is 11.6 Å². The Bertz CT molecular complexity index is 714. The van der Waals surface area contributed by atoms with Gasteiger partial charge in [-0.3, -0.25) is 0 Å². The minimum atomic E-state index is -0.165. The Morgan fingerprint density at radius 2 is 1.56 bits per heavy atom. The SMILES string of the molecule is Fc1ccccc1N1CCN(c2nccc(N3CCOCC3)n2)CC1. The average Bonchev–Trinajstić information content (AvgIpc) is 2.69. The standard InChI is InChI=1S/C18H22FN5O/c19-15-3-1-2-4-16(15)22-7-9-24(10-8-22)18-20-6-5-17(21-18)23-11-13-25-14-12-23/h1-6H,7-14H2. The zero-order valence-corrected chi connectivity index (χ0v) is 14.1. The molecule has 6 nitrogen and oxygen atoms in total. The van der Waals surface area contributed by atoms with Crippen LogP contribution in [0.25, 0.3) is 0 Å². The summed E-state index contributed by atoms with van der Waals surface area (Å²) in [7, 11) is 0. The van der Waals surface area contributed by atoms with E-state index in [0.717, 1.165) is 64.2 Å². The smallest absolute Gasteiger partial charge is 0.227 e. The Kier molecular flexibility index (Phi) is 4.65. The molecule has 0 N–H and O–H groups in total. The van der Waals surface area contributed by atoms with Crippen LogP contribution in [-0.2, 0) is 4.74 Å². The maximum atomic E-state index is 14.0. The van der Waals surface area contributed by atoms with Gasteiger partial charge in [-0.25, -0.2) is 9.37 Å². The van der Waals surface area contributed by atoms with E-state index in [1.807, 2.05) is 24.4 Å². The molecular weight excluding hydrogens is 321 g/mol. The van der Waals surface area contributed by atoms with Crippen molar-refractivity contribution in [2.24, 2.45) is 0 Å². The van der Waals surface area contributed by atoms with Crippen LogP contribution in [0.15, 0.2) is 36.5 Å². The molecule has 0 aliphatic carbocycles. The number of para-hydroxylation sites is 1. The van der Waals surface area contributed by atoms with Crippen molar-refractivity contribution in [1.82, 2.24) is 9.97 Å². The lowest BCUT2D eigenvalue weighted by Crippen LogP contribution is -2.47. The molecule has 7 heteroatoms. The summed E-state index contributed by atoms with van der Waals surface area (Å²) in [6.45, 7) is 6.26. The van der Waals surface area contributed by atoms with Gasteiger partial charge in [-0.05, 0) is 18.2 Å². The Morgan fingerprint density at radius 3 is 2.32 bits per heavy atom. The number of ether oxygens (including phenoxy) is 1. The molecule has 2 aromatic rings. The molecule has 4 rings (SSSR count). The summed E-state index contributed by atoms with van der Waals surface area (Å²) >= 11 is 0. The van der Waals surface area contributed by atoms with Gasteiger partial charge in [0.15, 0.2) is 0 Å². The molecule has 0 radical (unpaired) electrons. The van der Waals surface area contributed by atoms with Crippen LogP contribution in [0.2, 0.25) is 0 Å². The van der Waals surface area contributed by atoms with Gasteiger partial charge in [0, 0.05) is 45.5 Å². The summed E-state index contributed by atoms with van der Waals surface area (Å²) in [6, 6.07) is 8.89. The fraction of sp³-hybridized carbons (Fsp3) is 0.444. The predicted octanol–water partition coefficient (Wildman–Crippen LogP) is 1.78. The molecule has 2 fully saturated rings. The number of hydrogen-bond acceptors (Lipinski definition) is 6. The maximum absolute atomic E-state index is 14.0. The molecule has 2 aliphatic heterocycles. The number of anilines is 3. The van der Waals surface area contributed by atoms with Gasteiger partial charge in [-0.2, -0.15) is 4.98 Å². The Morgan fingerprint density at radius 1 is 0.840 bits per heavy atom. The number of rotatable bonds is 3. The first kappa shape index (κ1) is 16.1. The van der Waals surface area contributed by atoms with Crippen LogP contribution in [0, 0.1) is 5.82 Å². The maximum Gasteiger partial charge on any atom is 0.227 e. The zero-order chi connectivity index (χ0) is 17.1. The van der Waals surface area contributed by atoms with Crippen molar-refractivity contribution in [3.63, 3.8) is 0 Å². The Labute approximate surface area is 146 Å². The number of nitrogens with zero attached hydrogens (tertiary/aromatic N) is 5. The van der Waals surface area contributed by atoms with Gasteiger partial charge in [0.2, 0.25) is 5.95 Å². The summed E-state index contributed by atoms with van der Waals surface area (Å²) < 4.78 is 19.4. The quantitative estimate of drug-likeness (QED) is 0.847. The predicted molar refractivity (Wildman–Crippen MR) is 95.9 cm³/mol. The molecule has 3 heterocycles. The normalized spacial score (nSPS) is 18.5. The molecular formula is C18H22FN5O. The van der Waals surface area contributed by atoms with Crippen molar-refractivity contribution >= 4 is 17.5 Å². The van der Waals surface area contributed by atoms with Crippen LogP contribution >= 0.6 is 0 Å². The summed E-state index contributed by atoms with van der Waals surface area (Å²) in [5, 5.41) is 0. The first-order chi connectivity index (χ1) is 12.3. The monoisotopic (exact) mass is 343 g/mol. The lowest BCUT2D eigenvalue weighted by molar-refractivity contribution is 0.122. The van der Waals surface area contributed by atoms with Crippen LogP contribution in [0.5, 0.6) is 0 Å². The van der Waals surface area contributed by atoms with Gasteiger partial charge in [-0.1, -0.05) is 12.1 Å². The van der Waals surface area contributed by atoms with Crippen LogP contribution in [0.3, 0.4) is 0 Å². The van der Waals surface area contributed by atoms with Crippen molar-refractivity contribution < 1.29 is 9.13 Å². The molecule has 25 heavy (non-hydrogen) atoms. The second-order valence-electron chi connectivity index (χ2n) is 6.24. The molecule has 0 amide bonds. The molecule has 0 atom stereocenters. The van der Waals surface area contributed by atoms with E-state index in [1.165, 1.54) is 6.07 Å². The molecule has 0 unspecified atom stereocenters. The van der Waals surface area contributed by atoms with Gasteiger partial charge in [0.25, 0.3) is 0 Å². The van der Waals surface area contributed by atoms with Crippen molar-refractivity contribution in [2.45, 2.75) is 0 Å². The first-order valence-corrected chi connectivity index (χ1v) is 8.71. The van der Waals surface area contributed by atoms with E-state index < -0.39 is 0 Å². The molecule has 1 aromatic carbocycles. The van der Waals surface area contributed by atoms with Crippen molar-refractivity contribution in [3.8, 4) is 0 Å². The Balaban J connectivity index is 1.43. The second kappa shape index (κ2) is 7.23. The van der Waals surface area contributed by atoms with Crippen LogP contribution < -0.4 is 14.7 Å². The highest BCUT2D eigenvalue weighted by Gasteiger charge is 2.22. The Hall–Kier alpha value is -2.41. The van der Waals surface area contributed by atoms with Gasteiger partial charge < -0.3 is 19.4 Å². The van der Waals surface area contributed by atoms with Crippen LogP contribution in [-0.4, -0.2) is 62.5 Å². The van der Waals surface area contributed by atoms with Crippen LogP contribution in [0.4, 0.5) is 21.8 Å². The van der Waals surface area contributed by atoms with Gasteiger partial charge >= 0.3 is 0 Å². The molecule has 2 saturated heterocycles. The van der Waals surface area contributed by atoms with E-state index in [1.54, 1.807) is 6.07 Å². The number of benzene rings is 1. The number of hydrogen-bond donors (Lipinski definition) is 0. The zero-order valence-electron chi connectivity index (χ0n) is 14.1. The largest absolute Gasteiger partial charge is 0.378 e. The first-order valence-electron chi connectivity index (χ1n) is 8.71. The van der Waals surface area contributed by atoms with Crippen molar-refractivity contribution in [1.29, 1.82) is 0 Å². The van der Waals surface area contributed by atoms with E-state index >= 15 is 0 Å². The third-order valence-electron chi connectivity index (χ3n) is 4.72. The molecule has 0 saturated carbocycles. The van der Waals surface area contributed by atoms with E-state index in [4.69, 9.17) is 9.72 Å². The minimum absolute atomic E-state index is 0.165. The summed E-state index contributed by atoms with van der Waals surface area (Å²) in [4.78, 5) is 15.6. The topological polar surface area (TPSA) is 44.7 Å². The average molecular weight is 343 g/mol. The second-order valence-corrected chi connectivity index (χ2v) is 6.24. The fourth-order valence-electron chi connectivity index (χ4n) is 3.32. The van der Waals surface area contributed by atoms with Gasteiger partial charge in [0.05, 0.1) is 18.9 Å². The van der Waals surface area contributed by atoms with Crippen LogP contribution in [0.1, 0.15) is 0 Å². The highest BCUT2D eigenvalue weighted by molar-refractivity contribution is 5.50. The minimum Gasteiger partial charge on any atom is -0.378 e. The lowest BCUT2D eigenvalue weighted by atomic mass is 10.2. The van der Waals surface area contributed by atoms with Gasteiger partial charge in [-0.15, -0.1) is 0 Å². The van der Waals surface area contributed by atoms with E-state index in [9.17, 15) is 4.39 Å². The molecule has 132 valence electrons. The lowest BCUT2D eigenvalue weighted by Gasteiger charge is -2.36. The molecule has 0 bridgehead atoms. The van der Waals surface area contributed by atoms with E-state index in [2.05, 4.69) is 19.7 Å². The van der Waals surface area contributed by atoms with E-state index in [0.29, 0.717) is 5.69 Å². The van der Waals surface area contributed by atoms with Crippen molar-refractivity contribution in [3.05, 3.63) is 42.3 Å². The number of morpholine rings is 1. The molecule has 0 spiro atoms. The number of halogens is 1. The summed E-state index contributed by atoms with van der Waals surface area (Å²) in [5.74, 6) is 1.53. The highest BCUT2D eigenvalue weighted by Crippen LogP contribution is 2.22.